The lowest BCUT2D eigenvalue weighted by molar-refractivity contribution is -0.272. The maximum Gasteiger partial charge on any atom is 0.480 e. The monoisotopic (exact) mass is 440 g/mol. The standard InChI is InChI=1S/C14H5F9O4S/c15-7-8(16)10(18)12(11(19)9(7)17)26-5-1-3-6(4-2-5)27-13(20,21)14(22,23)28(24)25/h1-4H,(H,24,25). The van der Waals surface area contributed by atoms with E-state index < -0.39 is 68.8 Å². The van der Waals surface area contributed by atoms with E-state index in [1.165, 1.54) is 0 Å². The van der Waals surface area contributed by atoms with Gasteiger partial charge in [-0.3, -0.25) is 0 Å². The summed E-state index contributed by atoms with van der Waals surface area (Å²) in [5.74, 6) is -15.0. The molecule has 0 aliphatic rings. The van der Waals surface area contributed by atoms with Crippen LogP contribution >= 0.6 is 0 Å². The first-order valence-corrected chi connectivity index (χ1v) is 7.75. The topological polar surface area (TPSA) is 55.8 Å². The third-order valence-electron chi connectivity index (χ3n) is 3.02. The van der Waals surface area contributed by atoms with Crippen molar-refractivity contribution in [2.75, 3.05) is 0 Å². The van der Waals surface area contributed by atoms with Crippen molar-refractivity contribution in [3.8, 4) is 17.2 Å². The van der Waals surface area contributed by atoms with Crippen molar-refractivity contribution in [2.24, 2.45) is 0 Å². The molecule has 0 bridgehead atoms. The second kappa shape index (κ2) is 7.50. The summed E-state index contributed by atoms with van der Waals surface area (Å²) < 4.78 is 145. The molecule has 1 N–H and O–H groups in total. The summed E-state index contributed by atoms with van der Waals surface area (Å²) in [5, 5.41) is -5.47. The van der Waals surface area contributed by atoms with Crippen LogP contribution in [-0.2, 0) is 11.1 Å². The summed E-state index contributed by atoms with van der Waals surface area (Å²) in [6.07, 6.45) is -5.42. The molecule has 0 saturated heterocycles. The number of rotatable bonds is 6. The van der Waals surface area contributed by atoms with E-state index in [-0.39, 0.29) is 0 Å². The Labute approximate surface area is 151 Å². The van der Waals surface area contributed by atoms with E-state index in [0.29, 0.717) is 24.3 Å². The molecule has 2 aromatic carbocycles. The maximum atomic E-state index is 13.5. The Morgan fingerprint density at radius 3 is 1.57 bits per heavy atom. The molecule has 0 fully saturated rings. The fourth-order valence-electron chi connectivity index (χ4n) is 1.68. The minimum absolute atomic E-state index is 0.506. The molecule has 14 heteroatoms. The van der Waals surface area contributed by atoms with Crippen molar-refractivity contribution < 1.29 is 57.7 Å². The van der Waals surface area contributed by atoms with Gasteiger partial charge in [-0.1, -0.05) is 0 Å². The minimum Gasteiger partial charge on any atom is -0.451 e. The van der Waals surface area contributed by atoms with Crippen molar-refractivity contribution in [1.82, 2.24) is 0 Å². The number of halogens is 9. The average Bonchev–Trinajstić information content (AvgIpc) is 2.62. The molecule has 154 valence electrons. The summed E-state index contributed by atoms with van der Waals surface area (Å²) >= 11 is -4.28. The highest BCUT2D eigenvalue weighted by Gasteiger charge is 2.64. The highest BCUT2D eigenvalue weighted by atomic mass is 32.2. The molecule has 1 unspecified atom stereocenters. The Hall–Kier alpha value is -2.48. The quantitative estimate of drug-likeness (QED) is 0.299. The van der Waals surface area contributed by atoms with E-state index >= 15 is 0 Å². The Bertz CT molecular complexity index is 889. The van der Waals surface area contributed by atoms with Gasteiger partial charge in [0.1, 0.15) is 11.5 Å². The molecule has 0 amide bonds. The van der Waals surface area contributed by atoms with Crippen LogP contribution in [0, 0.1) is 29.1 Å². The van der Waals surface area contributed by atoms with Crippen molar-refractivity contribution in [2.45, 2.75) is 11.4 Å². The van der Waals surface area contributed by atoms with Gasteiger partial charge in [-0.05, 0) is 24.3 Å². The van der Waals surface area contributed by atoms with Crippen molar-refractivity contribution >= 4 is 11.1 Å². The summed E-state index contributed by atoms with van der Waals surface area (Å²) in [5.41, 5.74) is 0. The molecule has 1 atom stereocenters. The van der Waals surface area contributed by atoms with Crippen molar-refractivity contribution in [3.05, 3.63) is 53.4 Å². The first-order chi connectivity index (χ1) is 12.8. The Morgan fingerprint density at radius 1 is 0.750 bits per heavy atom. The van der Waals surface area contributed by atoms with Gasteiger partial charge >= 0.3 is 11.4 Å². The molecular weight excluding hydrogens is 435 g/mol. The van der Waals surface area contributed by atoms with Gasteiger partial charge < -0.3 is 14.0 Å². The van der Waals surface area contributed by atoms with E-state index in [1.54, 1.807) is 0 Å². The lowest BCUT2D eigenvalue weighted by atomic mass is 10.2. The van der Waals surface area contributed by atoms with Crippen molar-refractivity contribution in [3.63, 3.8) is 0 Å². The first kappa shape index (κ1) is 21.8. The summed E-state index contributed by atoms with van der Waals surface area (Å²) in [4.78, 5) is 0. The van der Waals surface area contributed by atoms with E-state index in [2.05, 4.69) is 9.47 Å². The number of ether oxygens (including phenoxy) is 2. The third-order valence-corrected chi connectivity index (χ3v) is 3.69. The molecule has 0 heterocycles. The molecule has 0 spiro atoms. The number of benzene rings is 2. The van der Waals surface area contributed by atoms with Crippen LogP contribution in [0.1, 0.15) is 0 Å². The molecule has 28 heavy (non-hydrogen) atoms. The van der Waals surface area contributed by atoms with E-state index in [1.807, 2.05) is 0 Å². The van der Waals surface area contributed by atoms with Crippen LogP contribution in [0.5, 0.6) is 17.2 Å². The zero-order chi connectivity index (χ0) is 21.4. The average molecular weight is 440 g/mol. The van der Waals surface area contributed by atoms with Crippen LogP contribution in [0.3, 0.4) is 0 Å². The highest BCUT2D eigenvalue weighted by molar-refractivity contribution is 7.80. The van der Waals surface area contributed by atoms with E-state index in [4.69, 9.17) is 4.55 Å². The van der Waals surface area contributed by atoms with Crippen LogP contribution in [-0.4, -0.2) is 20.1 Å². The SMILES string of the molecule is O=S(O)C(F)(F)C(F)(F)Oc1ccc(Oc2c(F)c(F)c(F)c(F)c2F)cc1. The number of alkyl halides is 4. The lowest BCUT2D eigenvalue weighted by Crippen LogP contribution is -2.48. The molecule has 2 rings (SSSR count). The predicted octanol–water partition coefficient (Wildman–Crippen LogP) is 4.96. The maximum absolute atomic E-state index is 13.5. The molecule has 0 radical (unpaired) electrons. The largest absolute Gasteiger partial charge is 0.480 e. The van der Waals surface area contributed by atoms with Crippen LogP contribution in [0.15, 0.2) is 24.3 Å². The van der Waals surface area contributed by atoms with E-state index in [9.17, 15) is 43.7 Å². The van der Waals surface area contributed by atoms with Crippen LogP contribution in [0.25, 0.3) is 0 Å². The molecule has 2 aromatic rings. The summed E-state index contributed by atoms with van der Waals surface area (Å²) in [7, 11) is 0. The molecule has 0 aromatic heterocycles. The van der Waals surface area contributed by atoms with Crippen LogP contribution in [0.4, 0.5) is 39.5 Å². The van der Waals surface area contributed by atoms with Gasteiger partial charge in [0.2, 0.25) is 45.9 Å². The second-order valence-corrected chi connectivity index (χ2v) is 5.87. The van der Waals surface area contributed by atoms with Crippen molar-refractivity contribution in [1.29, 1.82) is 0 Å². The predicted molar refractivity (Wildman–Crippen MR) is 74.0 cm³/mol. The fourth-order valence-corrected chi connectivity index (χ4v) is 1.92. The third kappa shape index (κ3) is 3.87. The molecule has 0 aliphatic heterocycles. The number of hydrogen-bond donors (Lipinski definition) is 1. The zero-order valence-corrected chi connectivity index (χ0v) is 13.6. The molecule has 0 saturated carbocycles. The van der Waals surface area contributed by atoms with Gasteiger partial charge in [0, 0.05) is 0 Å². The van der Waals surface area contributed by atoms with Crippen LogP contribution in [0.2, 0.25) is 0 Å². The first-order valence-electron chi connectivity index (χ1n) is 6.64. The van der Waals surface area contributed by atoms with Gasteiger partial charge in [-0.15, -0.1) is 0 Å². The molecule has 0 aliphatic carbocycles. The molecular formula is C14H5F9O4S. The fraction of sp³-hybridized carbons (Fsp3) is 0.143. The Kier molecular flexibility index (Phi) is 5.85. The van der Waals surface area contributed by atoms with Crippen LogP contribution < -0.4 is 9.47 Å². The van der Waals surface area contributed by atoms with E-state index in [0.717, 1.165) is 0 Å². The van der Waals surface area contributed by atoms with Gasteiger partial charge in [0.25, 0.3) is 0 Å². The zero-order valence-electron chi connectivity index (χ0n) is 12.8. The smallest absolute Gasteiger partial charge is 0.451 e. The summed E-state index contributed by atoms with van der Waals surface area (Å²) in [6.45, 7) is 0. The normalized spacial score (nSPS) is 13.4. The Balaban J connectivity index is 2.27. The minimum atomic E-state index is -5.47. The lowest BCUT2D eigenvalue weighted by Gasteiger charge is -2.23. The Morgan fingerprint density at radius 2 is 1.14 bits per heavy atom. The second-order valence-electron chi connectivity index (χ2n) is 4.86. The van der Waals surface area contributed by atoms with Gasteiger partial charge in [-0.25, -0.2) is 17.4 Å². The van der Waals surface area contributed by atoms with Gasteiger partial charge in [0.15, 0.2) is 0 Å². The molecule has 4 nitrogen and oxygen atoms in total. The van der Waals surface area contributed by atoms with Gasteiger partial charge in [-0.2, -0.15) is 26.3 Å². The summed E-state index contributed by atoms with van der Waals surface area (Å²) in [6, 6.07) is 2.23. The highest BCUT2D eigenvalue weighted by Crippen LogP contribution is 2.39. The van der Waals surface area contributed by atoms with Gasteiger partial charge in [0.05, 0.1) is 0 Å². The number of hydrogen-bond acceptors (Lipinski definition) is 3.